The van der Waals surface area contributed by atoms with Crippen LogP contribution < -0.4 is 0 Å². The van der Waals surface area contributed by atoms with Gasteiger partial charge in [0.15, 0.2) is 0 Å². The van der Waals surface area contributed by atoms with Gasteiger partial charge < -0.3 is 14.5 Å². The molecule has 0 spiro atoms. The van der Waals surface area contributed by atoms with Gasteiger partial charge in [0.05, 0.1) is 0 Å². The third-order valence-corrected chi connectivity index (χ3v) is 4.84. The van der Waals surface area contributed by atoms with E-state index in [1.54, 1.807) is 28.0 Å². The predicted octanol–water partition coefficient (Wildman–Crippen LogP) is 3.29. The van der Waals surface area contributed by atoms with Crippen LogP contribution in [0.2, 0.25) is 0 Å². The Kier molecular flexibility index (Phi) is 7.41. The fourth-order valence-electron chi connectivity index (χ4n) is 3.38. The van der Waals surface area contributed by atoms with Crippen molar-refractivity contribution >= 4 is 12.0 Å². The van der Waals surface area contributed by atoms with Gasteiger partial charge >= 0.3 is 6.09 Å². The molecule has 0 N–H and O–H groups in total. The first-order valence-corrected chi connectivity index (χ1v) is 9.93. The van der Waals surface area contributed by atoms with Crippen LogP contribution in [0.3, 0.4) is 0 Å². The maximum absolute atomic E-state index is 14.5. The number of carbonyl (C=O) groups is 2. The number of ether oxygens (including phenoxy) is 1. The van der Waals surface area contributed by atoms with Crippen molar-refractivity contribution in [1.82, 2.24) is 14.7 Å². The summed E-state index contributed by atoms with van der Waals surface area (Å²) in [4.78, 5) is 30.8. The second-order valence-electron chi connectivity index (χ2n) is 7.94. The molecule has 6 nitrogen and oxygen atoms in total. The first-order chi connectivity index (χ1) is 13.2. The van der Waals surface area contributed by atoms with E-state index in [4.69, 9.17) is 4.74 Å². The molecule has 28 heavy (non-hydrogen) atoms. The topological polar surface area (TPSA) is 53.1 Å². The van der Waals surface area contributed by atoms with Crippen LogP contribution in [-0.2, 0) is 9.53 Å². The first kappa shape index (κ1) is 22.1. The highest BCUT2D eigenvalue weighted by Gasteiger charge is 2.35. The SMILES string of the molecule is CCN(CC)C(=O)C(c1ccccc1F)N1CCN(C(=O)OC(C)(C)C)CC1. The van der Waals surface area contributed by atoms with E-state index in [9.17, 15) is 14.0 Å². The lowest BCUT2D eigenvalue weighted by Crippen LogP contribution is -2.53. The van der Waals surface area contributed by atoms with Gasteiger partial charge in [-0.3, -0.25) is 9.69 Å². The lowest BCUT2D eigenvalue weighted by Gasteiger charge is -2.40. The number of benzene rings is 1. The highest BCUT2D eigenvalue weighted by Crippen LogP contribution is 2.27. The van der Waals surface area contributed by atoms with Crippen molar-refractivity contribution < 1.29 is 18.7 Å². The second kappa shape index (κ2) is 9.37. The summed E-state index contributed by atoms with van der Waals surface area (Å²) >= 11 is 0. The van der Waals surface area contributed by atoms with Crippen molar-refractivity contribution in [1.29, 1.82) is 0 Å². The summed E-state index contributed by atoms with van der Waals surface area (Å²) in [7, 11) is 0. The van der Waals surface area contributed by atoms with Gasteiger partial charge in [0.25, 0.3) is 0 Å². The minimum absolute atomic E-state index is 0.110. The second-order valence-corrected chi connectivity index (χ2v) is 7.94. The van der Waals surface area contributed by atoms with Gasteiger partial charge in [0.2, 0.25) is 5.91 Å². The van der Waals surface area contributed by atoms with Gasteiger partial charge in [0.1, 0.15) is 17.5 Å². The van der Waals surface area contributed by atoms with E-state index in [0.717, 1.165) is 0 Å². The average molecular weight is 394 g/mol. The van der Waals surface area contributed by atoms with Crippen LogP contribution >= 0.6 is 0 Å². The number of nitrogens with zero attached hydrogens (tertiary/aromatic N) is 3. The summed E-state index contributed by atoms with van der Waals surface area (Å²) in [6, 6.07) is 5.73. The van der Waals surface area contributed by atoms with Crippen molar-refractivity contribution in [3.05, 3.63) is 35.6 Å². The maximum atomic E-state index is 14.5. The Balaban J connectivity index is 2.19. The molecule has 1 aliphatic rings. The summed E-state index contributed by atoms with van der Waals surface area (Å²) in [5.41, 5.74) is -0.173. The number of halogens is 1. The molecule has 0 aliphatic carbocycles. The van der Waals surface area contributed by atoms with E-state index in [1.807, 2.05) is 39.5 Å². The molecule has 7 heteroatoms. The standard InChI is InChI=1S/C21H32FN3O3/c1-6-23(7-2)19(26)18(16-10-8-9-11-17(16)22)24-12-14-25(15-13-24)20(27)28-21(3,4)5/h8-11,18H,6-7,12-15H2,1-5H3. The number of amides is 2. The number of carbonyl (C=O) groups excluding carboxylic acids is 2. The van der Waals surface area contributed by atoms with Crippen LogP contribution in [0.5, 0.6) is 0 Å². The quantitative estimate of drug-likeness (QED) is 0.770. The van der Waals surface area contributed by atoms with E-state index >= 15 is 0 Å². The van der Waals surface area contributed by atoms with E-state index in [1.165, 1.54) is 6.07 Å². The number of rotatable bonds is 5. The van der Waals surface area contributed by atoms with E-state index in [-0.39, 0.29) is 17.8 Å². The molecule has 2 rings (SSSR count). The minimum Gasteiger partial charge on any atom is -0.444 e. The van der Waals surface area contributed by atoms with Gasteiger partial charge in [-0.25, -0.2) is 9.18 Å². The summed E-state index contributed by atoms with van der Waals surface area (Å²) < 4.78 is 20.0. The molecule has 1 saturated heterocycles. The molecule has 1 heterocycles. The minimum atomic E-state index is -0.693. The molecular weight excluding hydrogens is 361 g/mol. The molecule has 1 unspecified atom stereocenters. The van der Waals surface area contributed by atoms with Gasteiger partial charge in [-0.15, -0.1) is 0 Å². The van der Waals surface area contributed by atoms with Crippen LogP contribution in [0.1, 0.15) is 46.2 Å². The van der Waals surface area contributed by atoms with Crippen molar-refractivity contribution in [3.63, 3.8) is 0 Å². The Hall–Kier alpha value is -2.15. The third kappa shape index (κ3) is 5.44. The fraction of sp³-hybridized carbons (Fsp3) is 0.619. The molecule has 0 aromatic heterocycles. The lowest BCUT2D eigenvalue weighted by atomic mass is 10.0. The number of hydrogen-bond acceptors (Lipinski definition) is 4. The van der Waals surface area contributed by atoms with Crippen molar-refractivity contribution in [2.45, 2.75) is 46.3 Å². The largest absolute Gasteiger partial charge is 0.444 e. The van der Waals surface area contributed by atoms with E-state index in [2.05, 4.69) is 0 Å². The van der Waals surface area contributed by atoms with E-state index < -0.39 is 11.6 Å². The molecule has 0 radical (unpaired) electrons. The highest BCUT2D eigenvalue weighted by atomic mass is 19.1. The Morgan fingerprint density at radius 2 is 1.68 bits per heavy atom. The van der Waals surface area contributed by atoms with Crippen molar-refractivity contribution in [2.75, 3.05) is 39.3 Å². The monoisotopic (exact) mass is 393 g/mol. The van der Waals surface area contributed by atoms with Gasteiger partial charge in [-0.05, 0) is 40.7 Å². The summed E-state index contributed by atoms with van der Waals surface area (Å²) in [5, 5.41) is 0. The summed E-state index contributed by atoms with van der Waals surface area (Å²) in [6.07, 6.45) is -0.357. The normalized spacial score (nSPS) is 16.6. The smallest absolute Gasteiger partial charge is 0.410 e. The molecule has 2 amide bonds. The zero-order valence-corrected chi connectivity index (χ0v) is 17.6. The highest BCUT2D eigenvalue weighted by molar-refractivity contribution is 5.83. The summed E-state index contributed by atoms with van der Waals surface area (Å²) in [5.74, 6) is -0.497. The van der Waals surface area contributed by atoms with Crippen LogP contribution in [-0.4, -0.2) is 71.6 Å². The molecule has 1 aliphatic heterocycles. The zero-order chi connectivity index (χ0) is 20.9. The van der Waals surface area contributed by atoms with Crippen LogP contribution in [0.4, 0.5) is 9.18 Å². The molecule has 1 fully saturated rings. The Morgan fingerprint density at radius 1 is 1.11 bits per heavy atom. The molecule has 1 aromatic rings. The number of hydrogen-bond donors (Lipinski definition) is 0. The lowest BCUT2D eigenvalue weighted by molar-refractivity contribution is -0.137. The average Bonchev–Trinajstić information content (AvgIpc) is 2.64. The molecular formula is C21H32FN3O3. The summed E-state index contributed by atoms with van der Waals surface area (Å²) in [6.45, 7) is 12.3. The molecule has 1 aromatic carbocycles. The molecule has 0 bridgehead atoms. The number of likely N-dealkylation sites (N-methyl/N-ethyl adjacent to an activating group) is 1. The number of piperazine rings is 1. The van der Waals surface area contributed by atoms with Crippen LogP contribution in [0.15, 0.2) is 24.3 Å². The Labute approximate surface area is 167 Å². The Morgan fingerprint density at radius 3 is 2.18 bits per heavy atom. The fourth-order valence-corrected chi connectivity index (χ4v) is 3.38. The van der Waals surface area contributed by atoms with Crippen molar-refractivity contribution in [3.8, 4) is 0 Å². The predicted molar refractivity (Wildman–Crippen MR) is 106 cm³/mol. The maximum Gasteiger partial charge on any atom is 0.410 e. The molecule has 1 atom stereocenters. The third-order valence-electron chi connectivity index (χ3n) is 4.84. The van der Waals surface area contributed by atoms with Gasteiger partial charge in [-0.2, -0.15) is 0 Å². The molecule has 156 valence electrons. The van der Waals surface area contributed by atoms with Gasteiger partial charge in [-0.1, -0.05) is 18.2 Å². The van der Waals surface area contributed by atoms with Crippen LogP contribution in [0, 0.1) is 5.82 Å². The van der Waals surface area contributed by atoms with Gasteiger partial charge in [0, 0.05) is 44.8 Å². The van der Waals surface area contributed by atoms with E-state index in [0.29, 0.717) is 44.8 Å². The zero-order valence-electron chi connectivity index (χ0n) is 17.6. The van der Waals surface area contributed by atoms with Crippen molar-refractivity contribution in [2.24, 2.45) is 0 Å². The Bertz CT molecular complexity index is 678. The first-order valence-electron chi connectivity index (χ1n) is 9.93. The van der Waals surface area contributed by atoms with Crippen LogP contribution in [0.25, 0.3) is 0 Å². The molecule has 0 saturated carbocycles.